The molecule has 0 bridgehead atoms. The average Bonchev–Trinajstić information content (AvgIpc) is 2.18. The standard InChI is InChI=1S/C13H28N2/c1-11-6-7-13(10-12(11)2)14-8-5-9-15(3)4/h11-14H,5-10H2,1-4H3/t11-,12+,13-/m1/s1. The molecular formula is C13H28N2. The number of nitrogens with zero attached hydrogens (tertiary/aromatic N) is 1. The molecule has 0 saturated heterocycles. The highest BCUT2D eigenvalue weighted by Gasteiger charge is 2.23. The van der Waals surface area contributed by atoms with Crippen molar-refractivity contribution in [2.75, 3.05) is 27.2 Å². The van der Waals surface area contributed by atoms with Crippen molar-refractivity contribution in [2.45, 2.75) is 45.6 Å². The van der Waals surface area contributed by atoms with Crippen LogP contribution in [0, 0.1) is 11.8 Å². The molecular weight excluding hydrogens is 184 g/mol. The Labute approximate surface area is 95.4 Å². The van der Waals surface area contributed by atoms with Crippen molar-refractivity contribution in [1.29, 1.82) is 0 Å². The van der Waals surface area contributed by atoms with Crippen LogP contribution in [0.5, 0.6) is 0 Å². The van der Waals surface area contributed by atoms with Crippen LogP contribution in [0.4, 0.5) is 0 Å². The summed E-state index contributed by atoms with van der Waals surface area (Å²) in [5.41, 5.74) is 0. The molecule has 0 unspecified atom stereocenters. The van der Waals surface area contributed by atoms with Gasteiger partial charge in [0.1, 0.15) is 0 Å². The van der Waals surface area contributed by atoms with Crippen molar-refractivity contribution in [3.8, 4) is 0 Å². The van der Waals surface area contributed by atoms with Gasteiger partial charge in [-0.05, 0) is 64.7 Å². The Kier molecular flexibility index (Phi) is 5.62. The van der Waals surface area contributed by atoms with Crippen LogP contribution in [0.1, 0.15) is 39.5 Å². The summed E-state index contributed by atoms with van der Waals surface area (Å²) in [6.07, 6.45) is 5.44. The Balaban J connectivity index is 2.07. The third-order valence-corrected chi connectivity index (χ3v) is 3.81. The number of hydrogen-bond donors (Lipinski definition) is 1. The normalized spacial score (nSPS) is 32.2. The molecule has 2 heteroatoms. The van der Waals surface area contributed by atoms with Crippen molar-refractivity contribution in [2.24, 2.45) is 11.8 Å². The molecule has 0 amide bonds. The second-order valence-electron chi connectivity index (χ2n) is 5.58. The largest absolute Gasteiger partial charge is 0.314 e. The van der Waals surface area contributed by atoms with E-state index in [9.17, 15) is 0 Å². The molecule has 1 saturated carbocycles. The number of hydrogen-bond acceptors (Lipinski definition) is 2. The summed E-state index contributed by atoms with van der Waals surface area (Å²) in [6, 6.07) is 0.790. The molecule has 90 valence electrons. The van der Waals surface area contributed by atoms with E-state index in [4.69, 9.17) is 0 Å². The lowest BCUT2D eigenvalue weighted by Crippen LogP contribution is -2.37. The monoisotopic (exact) mass is 212 g/mol. The van der Waals surface area contributed by atoms with Gasteiger partial charge in [-0.3, -0.25) is 0 Å². The summed E-state index contributed by atoms with van der Waals surface area (Å²) in [5, 5.41) is 3.70. The minimum Gasteiger partial charge on any atom is -0.314 e. The van der Waals surface area contributed by atoms with E-state index >= 15 is 0 Å². The van der Waals surface area contributed by atoms with Gasteiger partial charge in [0, 0.05) is 6.04 Å². The minimum atomic E-state index is 0.790. The SMILES string of the molecule is C[C@@H]1CC[C@@H](NCCCN(C)C)C[C@@H]1C. The van der Waals surface area contributed by atoms with Crippen LogP contribution in [0.15, 0.2) is 0 Å². The first-order valence-corrected chi connectivity index (χ1v) is 6.47. The van der Waals surface area contributed by atoms with Crippen molar-refractivity contribution in [3.63, 3.8) is 0 Å². The predicted molar refractivity (Wildman–Crippen MR) is 67.1 cm³/mol. The van der Waals surface area contributed by atoms with E-state index in [1.165, 1.54) is 38.8 Å². The van der Waals surface area contributed by atoms with Crippen LogP contribution in [0.25, 0.3) is 0 Å². The quantitative estimate of drug-likeness (QED) is 0.704. The topological polar surface area (TPSA) is 15.3 Å². The molecule has 0 radical (unpaired) electrons. The zero-order chi connectivity index (χ0) is 11.3. The molecule has 0 aromatic heterocycles. The van der Waals surface area contributed by atoms with Crippen LogP contribution in [-0.2, 0) is 0 Å². The Morgan fingerprint density at radius 1 is 1.13 bits per heavy atom. The highest BCUT2D eigenvalue weighted by Crippen LogP contribution is 2.29. The fraction of sp³-hybridized carbons (Fsp3) is 1.00. The van der Waals surface area contributed by atoms with E-state index < -0.39 is 0 Å². The molecule has 0 aliphatic heterocycles. The summed E-state index contributed by atoms with van der Waals surface area (Å²) in [4.78, 5) is 2.26. The van der Waals surface area contributed by atoms with Gasteiger partial charge in [0.05, 0.1) is 0 Å². The van der Waals surface area contributed by atoms with E-state index in [1.807, 2.05) is 0 Å². The van der Waals surface area contributed by atoms with E-state index in [0.717, 1.165) is 17.9 Å². The fourth-order valence-electron chi connectivity index (χ4n) is 2.43. The first-order valence-electron chi connectivity index (χ1n) is 6.47. The fourth-order valence-corrected chi connectivity index (χ4v) is 2.43. The summed E-state index contributed by atoms with van der Waals surface area (Å²) < 4.78 is 0. The van der Waals surface area contributed by atoms with E-state index in [-0.39, 0.29) is 0 Å². The zero-order valence-corrected chi connectivity index (χ0v) is 10.9. The third kappa shape index (κ3) is 4.98. The van der Waals surface area contributed by atoms with Gasteiger partial charge in [-0.25, -0.2) is 0 Å². The molecule has 15 heavy (non-hydrogen) atoms. The van der Waals surface area contributed by atoms with Crippen LogP contribution in [-0.4, -0.2) is 38.1 Å². The average molecular weight is 212 g/mol. The minimum absolute atomic E-state index is 0.790. The molecule has 1 aliphatic rings. The van der Waals surface area contributed by atoms with Crippen LogP contribution >= 0.6 is 0 Å². The molecule has 1 fully saturated rings. The molecule has 0 aromatic rings. The van der Waals surface area contributed by atoms with Gasteiger partial charge in [0.15, 0.2) is 0 Å². The molecule has 2 nitrogen and oxygen atoms in total. The number of nitrogens with one attached hydrogen (secondary N) is 1. The molecule has 0 aromatic carbocycles. The summed E-state index contributed by atoms with van der Waals surface area (Å²) in [6.45, 7) is 7.18. The van der Waals surface area contributed by atoms with E-state index in [0.29, 0.717) is 0 Å². The van der Waals surface area contributed by atoms with Crippen molar-refractivity contribution >= 4 is 0 Å². The molecule has 0 heterocycles. The van der Waals surface area contributed by atoms with E-state index in [2.05, 4.69) is 38.2 Å². The van der Waals surface area contributed by atoms with Crippen LogP contribution < -0.4 is 5.32 Å². The van der Waals surface area contributed by atoms with Gasteiger partial charge < -0.3 is 10.2 Å². The van der Waals surface area contributed by atoms with Gasteiger partial charge in [-0.1, -0.05) is 13.8 Å². The van der Waals surface area contributed by atoms with Crippen molar-refractivity contribution in [3.05, 3.63) is 0 Å². The lowest BCUT2D eigenvalue weighted by atomic mass is 9.79. The van der Waals surface area contributed by atoms with Gasteiger partial charge in [-0.2, -0.15) is 0 Å². The zero-order valence-electron chi connectivity index (χ0n) is 10.9. The number of rotatable bonds is 5. The first kappa shape index (κ1) is 13.0. The smallest absolute Gasteiger partial charge is 0.00698 e. The summed E-state index contributed by atoms with van der Waals surface area (Å²) in [7, 11) is 4.29. The van der Waals surface area contributed by atoms with Gasteiger partial charge >= 0.3 is 0 Å². The second-order valence-corrected chi connectivity index (χ2v) is 5.58. The molecule has 0 spiro atoms. The Hall–Kier alpha value is -0.0800. The van der Waals surface area contributed by atoms with Crippen LogP contribution in [0.3, 0.4) is 0 Å². The maximum absolute atomic E-state index is 3.70. The Morgan fingerprint density at radius 2 is 1.87 bits per heavy atom. The van der Waals surface area contributed by atoms with Gasteiger partial charge in [-0.15, -0.1) is 0 Å². The van der Waals surface area contributed by atoms with E-state index in [1.54, 1.807) is 0 Å². The molecule has 1 N–H and O–H groups in total. The third-order valence-electron chi connectivity index (χ3n) is 3.81. The predicted octanol–water partition coefficient (Wildman–Crippen LogP) is 2.35. The highest BCUT2D eigenvalue weighted by molar-refractivity contribution is 4.79. The second kappa shape index (κ2) is 6.49. The molecule has 1 rings (SSSR count). The summed E-state index contributed by atoms with van der Waals surface area (Å²) in [5.74, 6) is 1.84. The van der Waals surface area contributed by atoms with Gasteiger partial charge in [0.2, 0.25) is 0 Å². The van der Waals surface area contributed by atoms with Crippen molar-refractivity contribution in [1.82, 2.24) is 10.2 Å². The molecule has 1 aliphatic carbocycles. The summed E-state index contributed by atoms with van der Waals surface area (Å²) >= 11 is 0. The maximum atomic E-state index is 3.70. The maximum Gasteiger partial charge on any atom is 0.00698 e. The first-order chi connectivity index (χ1) is 7.09. The highest BCUT2D eigenvalue weighted by atomic mass is 15.1. The lowest BCUT2D eigenvalue weighted by molar-refractivity contribution is 0.225. The molecule has 3 atom stereocenters. The Morgan fingerprint density at radius 3 is 2.47 bits per heavy atom. The van der Waals surface area contributed by atoms with Crippen LogP contribution in [0.2, 0.25) is 0 Å². The Bertz CT molecular complexity index is 168. The van der Waals surface area contributed by atoms with Crippen molar-refractivity contribution < 1.29 is 0 Å². The van der Waals surface area contributed by atoms with Gasteiger partial charge in [0.25, 0.3) is 0 Å². The lowest BCUT2D eigenvalue weighted by Gasteiger charge is -2.32.